The van der Waals surface area contributed by atoms with Crippen LogP contribution in [0.15, 0.2) is 6.20 Å². The Hall–Kier alpha value is -0.234. The van der Waals surface area contributed by atoms with Crippen LogP contribution in [-0.4, -0.2) is 36.6 Å². The molecule has 1 aliphatic rings. The van der Waals surface area contributed by atoms with Crippen LogP contribution in [0.5, 0.6) is 0 Å². The number of nitrogens with one attached hydrogen (secondary N) is 1. The molecule has 0 aromatic carbocycles. The van der Waals surface area contributed by atoms with Gasteiger partial charge in [0.05, 0.1) is 6.20 Å². The van der Waals surface area contributed by atoms with Gasteiger partial charge in [-0.2, -0.15) is 5.10 Å². The number of ether oxygens (including phenoxy) is 1. The van der Waals surface area contributed by atoms with Crippen LogP contribution in [0.3, 0.4) is 0 Å². The van der Waals surface area contributed by atoms with Gasteiger partial charge in [-0.1, -0.05) is 13.8 Å². The van der Waals surface area contributed by atoms with Crippen molar-refractivity contribution in [1.29, 1.82) is 0 Å². The minimum Gasteiger partial charge on any atom is -0.385 e. The molecule has 20 heavy (non-hydrogen) atoms. The Kier molecular flexibility index (Phi) is 10.4. The van der Waals surface area contributed by atoms with Gasteiger partial charge in [0, 0.05) is 25.3 Å². The molecule has 2 heterocycles. The molecular formula is C15H28N3OOs. The predicted molar refractivity (Wildman–Crippen MR) is 79.4 cm³/mol. The number of aryl methyl sites for hydroxylation is 1. The van der Waals surface area contributed by atoms with Crippen LogP contribution in [0, 0.1) is 13.8 Å². The Bertz CT molecular complexity index is 362. The number of aromatic nitrogens is 2. The third-order valence-electron chi connectivity index (χ3n) is 3.46. The third kappa shape index (κ3) is 4.95. The van der Waals surface area contributed by atoms with E-state index in [0.717, 1.165) is 13.1 Å². The van der Waals surface area contributed by atoms with E-state index in [1.165, 1.54) is 24.1 Å². The zero-order valence-corrected chi connectivity index (χ0v) is 15.7. The molecule has 1 aromatic rings. The van der Waals surface area contributed by atoms with Gasteiger partial charge in [-0.3, -0.25) is 4.68 Å². The van der Waals surface area contributed by atoms with Gasteiger partial charge >= 0.3 is 19.8 Å². The molecule has 1 aliphatic heterocycles. The van der Waals surface area contributed by atoms with Crippen LogP contribution < -0.4 is 5.32 Å². The number of rotatable bonds is 4. The van der Waals surface area contributed by atoms with Crippen molar-refractivity contribution in [3.63, 3.8) is 0 Å². The van der Waals surface area contributed by atoms with Crippen molar-refractivity contribution in [2.24, 2.45) is 0 Å². The van der Waals surface area contributed by atoms with E-state index in [0.29, 0.717) is 12.5 Å². The average molecular weight is 457 g/mol. The topological polar surface area (TPSA) is 39.1 Å². The van der Waals surface area contributed by atoms with Crippen molar-refractivity contribution in [3.8, 4) is 0 Å². The van der Waals surface area contributed by atoms with Crippen molar-refractivity contribution in [3.05, 3.63) is 24.4 Å². The minimum absolute atomic E-state index is 0. The molecule has 1 radical (unpaired) electrons. The van der Waals surface area contributed by atoms with E-state index < -0.39 is 0 Å². The molecule has 1 saturated heterocycles. The molecule has 1 fully saturated rings. The van der Waals surface area contributed by atoms with E-state index in [9.17, 15) is 0 Å². The van der Waals surface area contributed by atoms with Crippen molar-refractivity contribution in [2.75, 3.05) is 26.8 Å². The van der Waals surface area contributed by atoms with E-state index in [1.807, 2.05) is 20.0 Å². The number of piperidine rings is 1. The van der Waals surface area contributed by atoms with Crippen LogP contribution in [0.2, 0.25) is 0 Å². The monoisotopic (exact) mass is 458 g/mol. The molecule has 4 nitrogen and oxygen atoms in total. The summed E-state index contributed by atoms with van der Waals surface area (Å²) in [4.78, 5) is 0. The summed E-state index contributed by atoms with van der Waals surface area (Å²) in [6, 6.07) is 0.0681. The summed E-state index contributed by atoms with van der Waals surface area (Å²) in [6.45, 7) is 13.1. The minimum atomic E-state index is 0. The molecule has 117 valence electrons. The fourth-order valence-electron chi connectivity index (χ4n) is 2.62. The smallest absolute Gasteiger partial charge is 0.385 e. The first-order valence-electron chi connectivity index (χ1n) is 7.30. The summed E-state index contributed by atoms with van der Waals surface area (Å²) >= 11 is 0. The molecule has 0 amide bonds. The van der Waals surface area contributed by atoms with Gasteiger partial charge < -0.3 is 17.0 Å². The first kappa shape index (κ1) is 19.8. The van der Waals surface area contributed by atoms with Gasteiger partial charge in [0.15, 0.2) is 0 Å². The molecule has 1 aromatic heterocycles. The summed E-state index contributed by atoms with van der Waals surface area (Å²) < 4.78 is 7.22. The zero-order chi connectivity index (χ0) is 14.3. The second-order valence-corrected chi connectivity index (χ2v) is 4.79. The SMILES string of the molecule is CC.[CH2-]C(COC)n1ncc(C)c1C1CCNCC1.[Os+]. The fraction of sp³-hybridized carbons (Fsp3) is 0.733. The summed E-state index contributed by atoms with van der Waals surface area (Å²) in [5.41, 5.74) is 2.63. The van der Waals surface area contributed by atoms with Crippen molar-refractivity contribution in [1.82, 2.24) is 15.1 Å². The van der Waals surface area contributed by atoms with Crippen LogP contribution in [0.25, 0.3) is 0 Å². The van der Waals surface area contributed by atoms with Gasteiger partial charge in [0.2, 0.25) is 0 Å². The Morgan fingerprint density at radius 2 is 2.05 bits per heavy atom. The maximum absolute atomic E-state index is 5.17. The molecule has 0 saturated carbocycles. The molecule has 2 rings (SSSR count). The van der Waals surface area contributed by atoms with E-state index in [-0.39, 0.29) is 25.8 Å². The largest absolute Gasteiger partial charge is 1.00 e. The van der Waals surface area contributed by atoms with E-state index in [4.69, 9.17) is 4.74 Å². The molecular weight excluding hydrogens is 428 g/mol. The van der Waals surface area contributed by atoms with Crippen LogP contribution >= 0.6 is 0 Å². The number of methoxy groups -OCH3 is 1. The summed E-state index contributed by atoms with van der Waals surface area (Å²) in [5.74, 6) is 0.611. The fourth-order valence-corrected chi connectivity index (χ4v) is 2.62. The quantitative estimate of drug-likeness (QED) is 0.708. The van der Waals surface area contributed by atoms with Gasteiger partial charge in [-0.15, -0.1) is 0 Å². The van der Waals surface area contributed by atoms with Crippen molar-refractivity contribution >= 4 is 0 Å². The van der Waals surface area contributed by atoms with Crippen molar-refractivity contribution < 1.29 is 24.5 Å². The zero-order valence-electron chi connectivity index (χ0n) is 13.1. The molecule has 1 atom stereocenters. The van der Waals surface area contributed by atoms with E-state index >= 15 is 0 Å². The third-order valence-corrected chi connectivity index (χ3v) is 3.46. The summed E-state index contributed by atoms with van der Waals surface area (Å²) in [7, 11) is 1.71. The normalized spacial score (nSPS) is 16.9. The Balaban J connectivity index is 0.00000115. The van der Waals surface area contributed by atoms with Gasteiger partial charge in [-0.05, 0) is 44.5 Å². The summed E-state index contributed by atoms with van der Waals surface area (Å²) in [6.07, 6.45) is 4.32. The Labute approximate surface area is 136 Å². The first-order chi connectivity index (χ1) is 9.24. The molecule has 0 bridgehead atoms. The molecule has 5 heteroatoms. The maximum atomic E-state index is 5.17. The number of hydrogen-bond acceptors (Lipinski definition) is 3. The number of hydrogen-bond donors (Lipinski definition) is 1. The van der Waals surface area contributed by atoms with Crippen molar-refractivity contribution in [2.45, 2.75) is 45.6 Å². The second kappa shape index (κ2) is 10.5. The van der Waals surface area contributed by atoms with E-state index in [2.05, 4.69) is 28.9 Å². The average Bonchev–Trinajstić information content (AvgIpc) is 2.84. The van der Waals surface area contributed by atoms with Crippen LogP contribution in [0.1, 0.15) is 49.9 Å². The Morgan fingerprint density at radius 1 is 1.45 bits per heavy atom. The summed E-state index contributed by atoms with van der Waals surface area (Å²) in [5, 5.41) is 7.86. The number of nitrogens with zero attached hydrogens (tertiary/aromatic N) is 2. The second-order valence-electron chi connectivity index (χ2n) is 4.79. The maximum Gasteiger partial charge on any atom is 1.00 e. The molecule has 1 unspecified atom stereocenters. The molecule has 0 spiro atoms. The standard InChI is InChI=1S/C13H22N3O.C2H6.Os/c1-10-8-15-16(11(2)9-17-3)13(10)12-4-6-14-7-5-12;1-2;/h8,11-12,14H,2,4-7,9H2,1,3H3;1-2H3;/q-1;;+1. The van der Waals surface area contributed by atoms with Gasteiger partial charge in [0.25, 0.3) is 0 Å². The first-order valence-corrected chi connectivity index (χ1v) is 7.30. The van der Waals surface area contributed by atoms with Crippen LogP contribution in [0.4, 0.5) is 0 Å². The Morgan fingerprint density at radius 3 is 2.60 bits per heavy atom. The van der Waals surface area contributed by atoms with Gasteiger partial charge in [-0.25, -0.2) is 0 Å². The molecule has 0 aliphatic carbocycles. The van der Waals surface area contributed by atoms with E-state index in [1.54, 1.807) is 7.11 Å². The molecule has 1 N–H and O–H groups in total. The predicted octanol–water partition coefficient (Wildman–Crippen LogP) is 2.70. The van der Waals surface area contributed by atoms with Gasteiger partial charge in [0.1, 0.15) is 0 Å². The van der Waals surface area contributed by atoms with Crippen LogP contribution in [-0.2, 0) is 24.5 Å².